The van der Waals surface area contributed by atoms with E-state index in [1.54, 1.807) is 0 Å². The first-order valence-electron chi connectivity index (χ1n) is 9.35. The van der Waals surface area contributed by atoms with E-state index in [0.29, 0.717) is 18.8 Å². The maximum atomic E-state index is 12.6. The van der Waals surface area contributed by atoms with Crippen LogP contribution < -0.4 is 14.8 Å². The van der Waals surface area contributed by atoms with Crippen LogP contribution in [0.15, 0.2) is 48.5 Å². The Morgan fingerprint density at radius 3 is 2.43 bits per heavy atom. The molecule has 0 fully saturated rings. The van der Waals surface area contributed by atoms with Gasteiger partial charge < -0.3 is 14.8 Å². The lowest BCUT2D eigenvalue weighted by molar-refractivity contribution is 0.0939. The van der Waals surface area contributed by atoms with E-state index in [1.807, 2.05) is 74.0 Å². The lowest BCUT2D eigenvalue weighted by Gasteiger charge is -2.21. The molecule has 1 aliphatic rings. The molecule has 4 rings (SSSR count). The van der Waals surface area contributed by atoms with Crippen molar-refractivity contribution in [1.29, 1.82) is 0 Å². The normalized spacial score (nSPS) is 13.8. The predicted molar refractivity (Wildman–Crippen MR) is 106 cm³/mol. The first kappa shape index (κ1) is 18.1. The van der Waals surface area contributed by atoms with Gasteiger partial charge in [0.15, 0.2) is 11.5 Å². The van der Waals surface area contributed by atoms with Gasteiger partial charge in [0.05, 0.1) is 17.4 Å². The Morgan fingerprint density at radius 1 is 1.04 bits per heavy atom. The highest BCUT2D eigenvalue weighted by Crippen LogP contribution is 2.32. The number of carbonyl (C=O) groups is 1. The van der Waals surface area contributed by atoms with Gasteiger partial charge in [0.25, 0.3) is 5.91 Å². The van der Waals surface area contributed by atoms with Crippen LogP contribution in [0.25, 0.3) is 5.69 Å². The molecule has 3 aromatic rings. The SMILES string of the molecule is Cc1cc(C)n(-c2ccc(C(=O)N[C@H](C)c3ccc4c(c3)OCCO4)cc2)n1. The van der Waals surface area contributed by atoms with E-state index >= 15 is 0 Å². The Hall–Kier alpha value is -3.28. The monoisotopic (exact) mass is 377 g/mol. The Labute approximate surface area is 164 Å². The molecule has 2 heterocycles. The topological polar surface area (TPSA) is 65.4 Å². The van der Waals surface area contributed by atoms with E-state index in [-0.39, 0.29) is 11.9 Å². The summed E-state index contributed by atoms with van der Waals surface area (Å²) in [4.78, 5) is 12.6. The van der Waals surface area contributed by atoms with Crippen LogP contribution in [0.5, 0.6) is 11.5 Å². The van der Waals surface area contributed by atoms with Crippen molar-refractivity contribution in [2.45, 2.75) is 26.8 Å². The molecule has 0 saturated heterocycles. The molecule has 0 spiro atoms. The van der Waals surface area contributed by atoms with Crippen molar-refractivity contribution in [2.75, 3.05) is 13.2 Å². The van der Waals surface area contributed by atoms with Crippen LogP contribution in [0.1, 0.15) is 40.3 Å². The minimum Gasteiger partial charge on any atom is -0.486 e. The maximum Gasteiger partial charge on any atom is 0.251 e. The van der Waals surface area contributed by atoms with Crippen LogP contribution >= 0.6 is 0 Å². The van der Waals surface area contributed by atoms with Gasteiger partial charge in [-0.15, -0.1) is 0 Å². The van der Waals surface area contributed by atoms with Crippen molar-refractivity contribution < 1.29 is 14.3 Å². The van der Waals surface area contributed by atoms with Crippen LogP contribution in [-0.4, -0.2) is 28.9 Å². The highest BCUT2D eigenvalue weighted by molar-refractivity contribution is 5.94. The molecule has 1 aromatic heterocycles. The molecule has 1 aliphatic heterocycles. The number of hydrogen-bond donors (Lipinski definition) is 1. The van der Waals surface area contributed by atoms with E-state index < -0.39 is 0 Å². The van der Waals surface area contributed by atoms with Gasteiger partial charge in [0.2, 0.25) is 0 Å². The molecular formula is C22H23N3O3. The van der Waals surface area contributed by atoms with E-state index in [2.05, 4.69) is 10.4 Å². The molecule has 0 radical (unpaired) electrons. The third kappa shape index (κ3) is 3.58. The molecule has 144 valence electrons. The first-order valence-corrected chi connectivity index (χ1v) is 9.35. The lowest BCUT2D eigenvalue weighted by Crippen LogP contribution is -2.26. The molecule has 1 amide bonds. The van der Waals surface area contributed by atoms with Crippen molar-refractivity contribution in [3.8, 4) is 17.2 Å². The average Bonchev–Trinajstić information content (AvgIpc) is 3.05. The number of rotatable bonds is 4. The Morgan fingerprint density at radius 2 is 1.75 bits per heavy atom. The largest absolute Gasteiger partial charge is 0.486 e. The van der Waals surface area contributed by atoms with Gasteiger partial charge >= 0.3 is 0 Å². The summed E-state index contributed by atoms with van der Waals surface area (Å²) < 4.78 is 13.0. The summed E-state index contributed by atoms with van der Waals surface area (Å²) in [6.07, 6.45) is 0. The second-order valence-corrected chi connectivity index (χ2v) is 6.98. The number of nitrogens with one attached hydrogen (secondary N) is 1. The molecule has 2 aromatic carbocycles. The fourth-order valence-electron chi connectivity index (χ4n) is 3.34. The number of carbonyl (C=O) groups excluding carboxylic acids is 1. The third-order valence-corrected chi connectivity index (χ3v) is 4.80. The zero-order chi connectivity index (χ0) is 19.7. The van der Waals surface area contributed by atoms with Crippen LogP contribution in [0.4, 0.5) is 0 Å². The predicted octanol–water partition coefficient (Wildman–Crippen LogP) is 3.75. The fourth-order valence-corrected chi connectivity index (χ4v) is 3.34. The molecule has 1 atom stereocenters. The van der Waals surface area contributed by atoms with E-state index in [4.69, 9.17) is 9.47 Å². The molecule has 0 unspecified atom stereocenters. The van der Waals surface area contributed by atoms with Crippen LogP contribution in [0.3, 0.4) is 0 Å². The van der Waals surface area contributed by atoms with E-state index in [0.717, 1.165) is 34.1 Å². The minimum atomic E-state index is -0.154. The molecule has 6 nitrogen and oxygen atoms in total. The van der Waals surface area contributed by atoms with E-state index in [9.17, 15) is 4.79 Å². The summed E-state index contributed by atoms with van der Waals surface area (Å²) in [5, 5.41) is 7.51. The average molecular weight is 377 g/mol. The van der Waals surface area contributed by atoms with Crippen LogP contribution in [0.2, 0.25) is 0 Å². The van der Waals surface area contributed by atoms with Crippen molar-refractivity contribution in [3.05, 3.63) is 71.0 Å². The number of hydrogen-bond acceptors (Lipinski definition) is 4. The second-order valence-electron chi connectivity index (χ2n) is 6.98. The number of benzene rings is 2. The number of amides is 1. The van der Waals surface area contributed by atoms with Crippen molar-refractivity contribution in [3.63, 3.8) is 0 Å². The third-order valence-electron chi connectivity index (χ3n) is 4.80. The number of nitrogens with zero attached hydrogens (tertiary/aromatic N) is 2. The van der Waals surface area contributed by atoms with Gasteiger partial charge in [-0.25, -0.2) is 4.68 Å². The van der Waals surface area contributed by atoms with Gasteiger partial charge in [-0.05, 0) is 68.8 Å². The Kier molecular flexibility index (Phi) is 4.77. The Balaban J connectivity index is 1.46. The highest BCUT2D eigenvalue weighted by atomic mass is 16.6. The number of ether oxygens (including phenoxy) is 2. The van der Waals surface area contributed by atoms with E-state index in [1.165, 1.54) is 0 Å². The summed E-state index contributed by atoms with van der Waals surface area (Å²) in [6, 6.07) is 15.1. The molecular weight excluding hydrogens is 354 g/mol. The molecule has 0 saturated carbocycles. The Bertz CT molecular complexity index is 1010. The van der Waals surface area contributed by atoms with Gasteiger partial charge in [0.1, 0.15) is 13.2 Å². The fraction of sp³-hybridized carbons (Fsp3) is 0.273. The zero-order valence-corrected chi connectivity index (χ0v) is 16.2. The van der Waals surface area contributed by atoms with Crippen LogP contribution in [-0.2, 0) is 0 Å². The first-order chi connectivity index (χ1) is 13.5. The number of fused-ring (bicyclic) bond motifs is 1. The highest BCUT2D eigenvalue weighted by Gasteiger charge is 2.16. The van der Waals surface area contributed by atoms with Gasteiger partial charge in [-0.2, -0.15) is 5.10 Å². The summed E-state index contributed by atoms with van der Waals surface area (Å²) in [5.41, 5.74) is 4.53. The lowest BCUT2D eigenvalue weighted by atomic mass is 10.1. The van der Waals surface area contributed by atoms with Gasteiger partial charge in [-0.3, -0.25) is 4.79 Å². The minimum absolute atomic E-state index is 0.123. The molecule has 0 bridgehead atoms. The summed E-state index contributed by atoms with van der Waals surface area (Å²) in [7, 11) is 0. The maximum absolute atomic E-state index is 12.6. The van der Waals surface area contributed by atoms with Gasteiger partial charge in [-0.1, -0.05) is 6.07 Å². The summed E-state index contributed by atoms with van der Waals surface area (Å²) >= 11 is 0. The van der Waals surface area contributed by atoms with Crippen molar-refractivity contribution >= 4 is 5.91 Å². The second kappa shape index (κ2) is 7.38. The molecule has 28 heavy (non-hydrogen) atoms. The molecule has 1 N–H and O–H groups in total. The quantitative estimate of drug-likeness (QED) is 0.752. The summed E-state index contributed by atoms with van der Waals surface area (Å²) in [6.45, 7) is 7.03. The number of aryl methyl sites for hydroxylation is 2. The van der Waals surface area contributed by atoms with Crippen molar-refractivity contribution in [1.82, 2.24) is 15.1 Å². The standard InChI is InChI=1S/C22H23N3O3/c1-14-12-15(2)25(24-14)19-7-4-17(5-8-19)22(26)23-16(3)18-6-9-20-21(13-18)28-11-10-27-20/h4-9,12-13,16H,10-11H2,1-3H3,(H,23,26)/t16-/m1/s1. The molecule has 0 aliphatic carbocycles. The van der Waals surface area contributed by atoms with Crippen LogP contribution in [0, 0.1) is 13.8 Å². The molecule has 6 heteroatoms. The smallest absolute Gasteiger partial charge is 0.251 e. The summed E-state index contributed by atoms with van der Waals surface area (Å²) in [5.74, 6) is 1.34. The van der Waals surface area contributed by atoms with Crippen molar-refractivity contribution in [2.24, 2.45) is 0 Å². The van der Waals surface area contributed by atoms with Gasteiger partial charge in [0, 0.05) is 11.3 Å². The number of aromatic nitrogens is 2. The zero-order valence-electron chi connectivity index (χ0n) is 16.2.